The van der Waals surface area contributed by atoms with Crippen LogP contribution in [0.2, 0.25) is 0 Å². The molecule has 0 bridgehead atoms. The van der Waals surface area contributed by atoms with Gasteiger partial charge in [0.15, 0.2) is 12.6 Å². The van der Waals surface area contributed by atoms with Gasteiger partial charge in [0.1, 0.15) is 23.2 Å². The third kappa shape index (κ3) is 7.15. The van der Waals surface area contributed by atoms with E-state index < -0.39 is 11.7 Å². The lowest BCUT2D eigenvalue weighted by atomic mass is 9.96. The third-order valence-electron chi connectivity index (χ3n) is 6.53. The first-order valence-corrected chi connectivity index (χ1v) is 14.4. The maximum atomic E-state index is 14.2. The molecule has 0 unspecified atom stereocenters. The number of nitrogens with zero attached hydrogens (tertiary/aromatic N) is 4. The molecule has 2 amide bonds. The van der Waals surface area contributed by atoms with Gasteiger partial charge in [-0.25, -0.2) is 14.4 Å². The zero-order chi connectivity index (χ0) is 30.9. The molecule has 5 aromatic rings. The van der Waals surface area contributed by atoms with E-state index in [0.717, 1.165) is 0 Å². The van der Waals surface area contributed by atoms with Crippen molar-refractivity contribution >= 4 is 29.0 Å². The molecular formula is C32H27FN6O4S. The summed E-state index contributed by atoms with van der Waals surface area (Å²) in [5, 5.41) is 17.7. The molecule has 2 N–H and O–H groups in total. The summed E-state index contributed by atoms with van der Waals surface area (Å²) in [5.74, 6) is -1.07. The van der Waals surface area contributed by atoms with Crippen LogP contribution >= 0.6 is 11.3 Å². The van der Waals surface area contributed by atoms with Crippen LogP contribution in [0.5, 0.6) is 5.75 Å². The van der Waals surface area contributed by atoms with Crippen LogP contribution in [0.25, 0.3) is 22.4 Å². The Balaban J connectivity index is 1.52. The molecular weight excluding hydrogens is 583 g/mol. The number of hydrogen-bond acceptors (Lipinski definition) is 8. The quantitative estimate of drug-likeness (QED) is 0.136. The summed E-state index contributed by atoms with van der Waals surface area (Å²) >= 11 is 1.24. The highest BCUT2D eigenvalue weighted by Crippen LogP contribution is 2.37. The minimum absolute atomic E-state index is 0.00905. The fraction of sp³-hybridized carbons (Fsp3) is 0.156. The first-order chi connectivity index (χ1) is 21.5. The lowest BCUT2D eigenvalue weighted by molar-refractivity contribution is 0.0513. The lowest BCUT2D eigenvalue weighted by Gasteiger charge is -2.16. The van der Waals surface area contributed by atoms with Crippen LogP contribution < -0.4 is 15.4 Å². The number of ether oxygens (including phenoxy) is 2. The Kier molecular flexibility index (Phi) is 9.71. The Bertz CT molecular complexity index is 1800. The van der Waals surface area contributed by atoms with Gasteiger partial charge < -0.3 is 24.7 Å². The Morgan fingerprint density at radius 3 is 2.73 bits per heavy atom. The standard InChI is InChI=1S/C32H27FN6O4S/c1-42-20-43-28-16-23(33)8-9-24(28)27-17-25(26(18-34)30(37-27)38-32(41)29-7-3-14-44-29)21-5-2-6-22(15-21)31(40)36-10-4-12-39-13-11-35-19-39/h2-3,5-9,11,13-17,19H,4,10,12,20H2,1H3,(H,36,40)(H,37,38,41). The second kappa shape index (κ2) is 14.2. The topological polar surface area (TPSA) is 131 Å². The first-order valence-electron chi connectivity index (χ1n) is 13.5. The molecule has 222 valence electrons. The van der Waals surface area contributed by atoms with Crippen molar-refractivity contribution in [2.45, 2.75) is 13.0 Å². The van der Waals surface area contributed by atoms with E-state index in [2.05, 4.69) is 26.7 Å². The van der Waals surface area contributed by atoms with Crippen molar-refractivity contribution in [3.8, 4) is 34.2 Å². The fourth-order valence-corrected chi connectivity index (χ4v) is 5.07. The summed E-state index contributed by atoms with van der Waals surface area (Å²) in [7, 11) is 1.44. The smallest absolute Gasteiger partial charge is 0.266 e. The molecule has 0 atom stereocenters. The molecule has 2 aromatic carbocycles. The van der Waals surface area contributed by atoms with Gasteiger partial charge >= 0.3 is 0 Å². The number of nitrogens with one attached hydrogen (secondary N) is 2. The second-order valence-electron chi connectivity index (χ2n) is 9.50. The van der Waals surface area contributed by atoms with Crippen LogP contribution in [0, 0.1) is 17.1 Å². The molecule has 0 saturated heterocycles. The summed E-state index contributed by atoms with van der Waals surface area (Å²) in [6.45, 7) is 1.03. The minimum Gasteiger partial charge on any atom is -0.467 e. The van der Waals surface area contributed by atoms with Crippen molar-refractivity contribution in [2.75, 3.05) is 25.8 Å². The van der Waals surface area contributed by atoms with Crippen molar-refractivity contribution in [3.63, 3.8) is 0 Å². The number of anilines is 1. The predicted molar refractivity (Wildman–Crippen MR) is 164 cm³/mol. The van der Waals surface area contributed by atoms with E-state index >= 15 is 0 Å². The molecule has 3 heterocycles. The Hall–Kier alpha value is -5.38. The molecule has 0 fully saturated rings. The van der Waals surface area contributed by atoms with Crippen LogP contribution in [0.3, 0.4) is 0 Å². The Labute approximate surface area is 256 Å². The van der Waals surface area contributed by atoms with Crippen LogP contribution in [0.1, 0.15) is 32.0 Å². The number of rotatable bonds is 12. The molecule has 0 radical (unpaired) electrons. The van der Waals surface area contributed by atoms with Crippen molar-refractivity contribution in [2.24, 2.45) is 0 Å². The highest BCUT2D eigenvalue weighted by atomic mass is 32.1. The molecule has 12 heteroatoms. The van der Waals surface area contributed by atoms with E-state index in [0.29, 0.717) is 52.3 Å². The molecule has 0 saturated carbocycles. The van der Waals surface area contributed by atoms with Crippen molar-refractivity contribution in [1.29, 1.82) is 5.26 Å². The molecule has 0 spiro atoms. The van der Waals surface area contributed by atoms with Gasteiger partial charge in [-0.2, -0.15) is 5.26 Å². The number of nitriles is 1. The van der Waals surface area contributed by atoms with Crippen LogP contribution in [-0.4, -0.2) is 46.8 Å². The van der Waals surface area contributed by atoms with Crippen LogP contribution in [-0.2, 0) is 11.3 Å². The number of benzene rings is 2. The maximum absolute atomic E-state index is 14.2. The van der Waals surface area contributed by atoms with Crippen molar-refractivity contribution in [1.82, 2.24) is 19.9 Å². The van der Waals surface area contributed by atoms with Gasteiger partial charge in [0.2, 0.25) is 0 Å². The van der Waals surface area contributed by atoms with Gasteiger partial charge in [-0.05, 0) is 53.8 Å². The molecule has 0 aliphatic carbocycles. The predicted octanol–water partition coefficient (Wildman–Crippen LogP) is 5.74. The highest BCUT2D eigenvalue weighted by molar-refractivity contribution is 7.12. The number of aromatic nitrogens is 3. The highest BCUT2D eigenvalue weighted by Gasteiger charge is 2.21. The van der Waals surface area contributed by atoms with Gasteiger partial charge in [-0.1, -0.05) is 18.2 Å². The normalized spacial score (nSPS) is 10.7. The number of methoxy groups -OCH3 is 1. The number of hydrogen-bond donors (Lipinski definition) is 2. The summed E-state index contributed by atoms with van der Waals surface area (Å²) in [6, 6.07) is 18.0. The van der Waals surface area contributed by atoms with E-state index in [1.54, 1.807) is 60.4 Å². The zero-order valence-corrected chi connectivity index (χ0v) is 24.4. The number of amides is 2. The average Bonchev–Trinajstić information content (AvgIpc) is 3.77. The molecule has 5 rings (SSSR count). The van der Waals surface area contributed by atoms with Crippen molar-refractivity contribution in [3.05, 3.63) is 107 Å². The van der Waals surface area contributed by atoms with Gasteiger partial charge in [-0.3, -0.25) is 9.59 Å². The van der Waals surface area contributed by atoms with E-state index in [9.17, 15) is 19.2 Å². The van der Waals surface area contributed by atoms with Crippen LogP contribution in [0.4, 0.5) is 10.2 Å². The summed E-state index contributed by atoms with van der Waals surface area (Å²) in [4.78, 5) is 35.1. The number of pyridine rings is 1. The third-order valence-corrected chi connectivity index (χ3v) is 7.40. The molecule has 0 aliphatic rings. The molecule has 0 aliphatic heterocycles. The number of carbonyl (C=O) groups is 2. The zero-order valence-electron chi connectivity index (χ0n) is 23.6. The van der Waals surface area contributed by atoms with E-state index in [1.807, 2.05) is 10.8 Å². The van der Waals surface area contributed by atoms with Crippen LogP contribution in [0.15, 0.2) is 84.8 Å². The van der Waals surface area contributed by atoms with Gasteiger partial charge in [0, 0.05) is 55.3 Å². The number of aryl methyl sites for hydroxylation is 1. The van der Waals surface area contributed by atoms with Gasteiger partial charge in [-0.15, -0.1) is 11.3 Å². The van der Waals surface area contributed by atoms with E-state index in [4.69, 9.17) is 9.47 Å². The number of halogens is 1. The van der Waals surface area contributed by atoms with Crippen molar-refractivity contribution < 1.29 is 23.5 Å². The largest absolute Gasteiger partial charge is 0.467 e. The maximum Gasteiger partial charge on any atom is 0.266 e. The summed E-state index contributed by atoms with van der Waals surface area (Å²) in [6.07, 6.45) is 5.99. The SMILES string of the molecule is COCOc1cc(F)ccc1-c1cc(-c2cccc(C(=O)NCCCn3ccnc3)c2)c(C#N)c(NC(=O)c2cccs2)n1. The molecule has 10 nitrogen and oxygen atoms in total. The number of thiophene rings is 1. The first kappa shape index (κ1) is 30.1. The number of imidazole rings is 1. The average molecular weight is 611 g/mol. The molecule has 3 aromatic heterocycles. The van der Waals surface area contributed by atoms with E-state index in [1.165, 1.54) is 36.6 Å². The monoisotopic (exact) mass is 610 g/mol. The minimum atomic E-state index is -0.524. The lowest BCUT2D eigenvalue weighted by Crippen LogP contribution is -2.25. The summed E-state index contributed by atoms with van der Waals surface area (Å²) < 4.78 is 26.7. The Morgan fingerprint density at radius 1 is 1.09 bits per heavy atom. The number of carbonyl (C=O) groups excluding carboxylic acids is 2. The Morgan fingerprint density at radius 2 is 1.98 bits per heavy atom. The fourth-order valence-electron chi connectivity index (χ4n) is 4.45. The second-order valence-corrected chi connectivity index (χ2v) is 10.5. The summed E-state index contributed by atoms with van der Waals surface area (Å²) in [5.41, 5.74) is 2.16. The van der Waals surface area contributed by atoms with E-state index in [-0.39, 0.29) is 29.8 Å². The molecule has 44 heavy (non-hydrogen) atoms. The van der Waals surface area contributed by atoms with Gasteiger partial charge in [0.05, 0.1) is 16.9 Å². The van der Waals surface area contributed by atoms with Gasteiger partial charge in [0.25, 0.3) is 11.8 Å².